The van der Waals surface area contributed by atoms with Gasteiger partial charge >= 0.3 is 6.03 Å². The maximum absolute atomic E-state index is 13.0. The molecule has 0 spiro atoms. The lowest BCUT2D eigenvalue weighted by Crippen LogP contribution is -2.47. The number of amides is 4. The second-order valence-corrected chi connectivity index (χ2v) is 8.27. The smallest absolute Gasteiger partial charge is 0.312 e. The third-order valence-electron chi connectivity index (χ3n) is 5.39. The molecule has 4 N–H and O–H groups in total. The highest BCUT2D eigenvalue weighted by atomic mass is 35.5. The lowest BCUT2D eigenvalue weighted by molar-refractivity contribution is -0.141. The second-order valence-electron chi connectivity index (χ2n) is 7.39. The molecule has 1 aliphatic carbocycles. The Bertz CT molecular complexity index is 745. The van der Waals surface area contributed by atoms with Gasteiger partial charge in [0.1, 0.15) is 6.04 Å². The highest BCUT2D eigenvalue weighted by molar-refractivity contribution is 6.35. The number of primary amides is 1. The summed E-state index contributed by atoms with van der Waals surface area (Å²) < 4.78 is 0. The molecule has 1 heterocycles. The number of likely N-dealkylation sites (tertiary alicyclic amines) is 1. The average Bonchev–Trinajstić information content (AvgIpc) is 3.10. The van der Waals surface area contributed by atoms with Crippen molar-refractivity contribution >= 4 is 46.7 Å². The van der Waals surface area contributed by atoms with E-state index in [4.69, 9.17) is 28.9 Å². The largest absolute Gasteiger partial charge is 0.352 e. The van der Waals surface area contributed by atoms with Crippen LogP contribution in [0.25, 0.3) is 0 Å². The summed E-state index contributed by atoms with van der Waals surface area (Å²) in [5.74, 6) is -0.340. The Hall–Kier alpha value is -1.99. The van der Waals surface area contributed by atoms with E-state index in [1.54, 1.807) is 23.1 Å². The summed E-state index contributed by atoms with van der Waals surface area (Å²) in [5.41, 5.74) is 5.68. The standard InChI is InChI=1S/C19H24Cl2N4O3/c20-12-8-13(21)10-15(9-12)23-17(26)16-2-1-7-25(16)18(27)11-3-5-14(6-4-11)24-19(22)28/h8-11,14,16H,1-7H2,(H,23,26)(H3,22,24,28). The van der Waals surface area contributed by atoms with Gasteiger partial charge in [0.25, 0.3) is 0 Å². The van der Waals surface area contributed by atoms with Gasteiger partial charge in [-0.2, -0.15) is 0 Å². The molecule has 1 unspecified atom stereocenters. The second kappa shape index (κ2) is 9.01. The number of hydrogen-bond acceptors (Lipinski definition) is 3. The van der Waals surface area contributed by atoms with Crippen LogP contribution < -0.4 is 16.4 Å². The molecule has 9 heteroatoms. The van der Waals surface area contributed by atoms with Crippen LogP contribution in [0, 0.1) is 5.92 Å². The Kier molecular flexibility index (Phi) is 6.67. The molecule has 1 aromatic carbocycles. The van der Waals surface area contributed by atoms with E-state index in [-0.39, 0.29) is 23.8 Å². The monoisotopic (exact) mass is 426 g/mol. The van der Waals surface area contributed by atoms with Crippen LogP contribution in [0.2, 0.25) is 10.0 Å². The molecular weight excluding hydrogens is 403 g/mol. The van der Waals surface area contributed by atoms with Crippen LogP contribution in [0.3, 0.4) is 0 Å². The minimum atomic E-state index is -0.535. The van der Waals surface area contributed by atoms with Crippen molar-refractivity contribution in [3.63, 3.8) is 0 Å². The lowest BCUT2D eigenvalue weighted by atomic mass is 9.85. The van der Waals surface area contributed by atoms with E-state index in [0.29, 0.717) is 54.4 Å². The molecule has 4 amide bonds. The maximum Gasteiger partial charge on any atom is 0.312 e. The summed E-state index contributed by atoms with van der Waals surface area (Å²) in [4.78, 5) is 38.4. The molecule has 0 aromatic heterocycles. The number of rotatable bonds is 4. The Balaban J connectivity index is 1.60. The predicted octanol–water partition coefficient (Wildman–Crippen LogP) is 3.15. The number of carbonyl (C=O) groups excluding carboxylic acids is 3. The van der Waals surface area contributed by atoms with Crippen LogP contribution in [0.5, 0.6) is 0 Å². The number of urea groups is 1. The summed E-state index contributed by atoms with van der Waals surface area (Å²) in [6.45, 7) is 0.576. The van der Waals surface area contributed by atoms with E-state index in [1.165, 1.54) is 0 Å². The number of benzene rings is 1. The zero-order chi connectivity index (χ0) is 20.3. The van der Waals surface area contributed by atoms with Gasteiger partial charge in [-0.15, -0.1) is 0 Å². The Morgan fingerprint density at radius 3 is 2.25 bits per heavy atom. The number of nitrogens with one attached hydrogen (secondary N) is 2. The van der Waals surface area contributed by atoms with E-state index >= 15 is 0 Å². The fraction of sp³-hybridized carbons (Fsp3) is 0.526. The van der Waals surface area contributed by atoms with Crippen molar-refractivity contribution in [2.24, 2.45) is 11.7 Å². The minimum absolute atomic E-state index is 0.0132. The zero-order valence-electron chi connectivity index (χ0n) is 15.4. The molecule has 28 heavy (non-hydrogen) atoms. The predicted molar refractivity (Wildman–Crippen MR) is 108 cm³/mol. The summed E-state index contributed by atoms with van der Waals surface area (Å²) in [6, 6.07) is 3.83. The molecule has 0 bridgehead atoms. The highest BCUT2D eigenvalue weighted by Crippen LogP contribution is 2.30. The van der Waals surface area contributed by atoms with Crippen molar-refractivity contribution in [2.45, 2.75) is 50.6 Å². The van der Waals surface area contributed by atoms with Crippen molar-refractivity contribution < 1.29 is 14.4 Å². The van der Waals surface area contributed by atoms with Crippen LogP contribution in [0.4, 0.5) is 10.5 Å². The third kappa shape index (κ3) is 5.08. The Morgan fingerprint density at radius 2 is 1.64 bits per heavy atom. The van der Waals surface area contributed by atoms with Crippen molar-refractivity contribution in [3.8, 4) is 0 Å². The van der Waals surface area contributed by atoms with Crippen LogP contribution in [0.15, 0.2) is 18.2 Å². The number of hydrogen-bond donors (Lipinski definition) is 3. The van der Waals surface area contributed by atoms with E-state index in [0.717, 1.165) is 6.42 Å². The van der Waals surface area contributed by atoms with E-state index in [1.807, 2.05) is 0 Å². The first kappa shape index (κ1) is 20.7. The highest BCUT2D eigenvalue weighted by Gasteiger charge is 2.38. The van der Waals surface area contributed by atoms with Crippen LogP contribution in [-0.4, -0.2) is 41.4 Å². The number of nitrogens with two attached hydrogens (primary N) is 1. The first-order chi connectivity index (χ1) is 13.3. The number of nitrogens with zero attached hydrogens (tertiary/aromatic N) is 1. The summed E-state index contributed by atoms with van der Waals surface area (Å²) in [6.07, 6.45) is 4.20. The van der Waals surface area contributed by atoms with Crippen molar-refractivity contribution in [3.05, 3.63) is 28.2 Å². The van der Waals surface area contributed by atoms with Crippen molar-refractivity contribution in [2.75, 3.05) is 11.9 Å². The van der Waals surface area contributed by atoms with Gasteiger partial charge in [-0.1, -0.05) is 23.2 Å². The molecule has 152 valence electrons. The quantitative estimate of drug-likeness (QED) is 0.688. The molecule has 1 atom stereocenters. The van der Waals surface area contributed by atoms with Gasteiger partial charge in [-0.05, 0) is 56.7 Å². The van der Waals surface area contributed by atoms with E-state index in [2.05, 4.69) is 10.6 Å². The van der Waals surface area contributed by atoms with Crippen LogP contribution >= 0.6 is 23.2 Å². The maximum atomic E-state index is 13.0. The molecule has 3 rings (SSSR count). The van der Waals surface area contributed by atoms with Crippen molar-refractivity contribution in [1.29, 1.82) is 0 Å². The summed E-state index contributed by atoms with van der Waals surface area (Å²) in [5, 5.41) is 6.39. The SMILES string of the molecule is NC(=O)NC1CCC(C(=O)N2CCCC2C(=O)Nc2cc(Cl)cc(Cl)c2)CC1. The molecular formula is C19H24Cl2N4O3. The van der Waals surface area contributed by atoms with Crippen molar-refractivity contribution in [1.82, 2.24) is 10.2 Å². The number of carbonyl (C=O) groups is 3. The topological polar surface area (TPSA) is 105 Å². The molecule has 1 aromatic rings. The third-order valence-corrected chi connectivity index (χ3v) is 5.83. The molecule has 7 nitrogen and oxygen atoms in total. The van der Waals surface area contributed by atoms with Gasteiger partial charge in [-0.3, -0.25) is 9.59 Å². The van der Waals surface area contributed by atoms with Crippen LogP contribution in [0.1, 0.15) is 38.5 Å². The fourth-order valence-electron chi connectivity index (χ4n) is 4.08. The first-order valence-electron chi connectivity index (χ1n) is 9.47. The molecule has 1 saturated carbocycles. The Labute approximate surface area is 173 Å². The Morgan fingerprint density at radius 1 is 1.00 bits per heavy atom. The molecule has 1 saturated heterocycles. The number of halogens is 2. The van der Waals surface area contributed by atoms with E-state index in [9.17, 15) is 14.4 Å². The molecule has 2 aliphatic rings. The first-order valence-corrected chi connectivity index (χ1v) is 10.2. The zero-order valence-corrected chi connectivity index (χ0v) is 16.9. The minimum Gasteiger partial charge on any atom is -0.352 e. The summed E-state index contributed by atoms with van der Waals surface area (Å²) >= 11 is 12.0. The molecule has 1 aliphatic heterocycles. The number of anilines is 1. The fourth-order valence-corrected chi connectivity index (χ4v) is 4.60. The van der Waals surface area contributed by atoms with Gasteiger partial charge in [0.15, 0.2) is 0 Å². The van der Waals surface area contributed by atoms with E-state index < -0.39 is 12.1 Å². The van der Waals surface area contributed by atoms with Crippen LogP contribution in [-0.2, 0) is 9.59 Å². The summed E-state index contributed by atoms with van der Waals surface area (Å²) in [7, 11) is 0. The van der Waals surface area contributed by atoms with Gasteiger partial charge in [0, 0.05) is 34.2 Å². The normalized spacial score (nSPS) is 24.6. The lowest BCUT2D eigenvalue weighted by Gasteiger charge is -2.32. The molecule has 2 fully saturated rings. The van der Waals surface area contributed by atoms with Gasteiger partial charge < -0.3 is 21.3 Å². The van der Waals surface area contributed by atoms with Gasteiger partial charge in [-0.25, -0.2) is 4.79 Å². The average molecular weight is 427 g/mol. The van der Waals surface area contributed by atoms with Gasteiger partial charge in [0.2, 0.25) is 11.8 Å². The van der Waals surface area contributed by atoms with Gasteiger partial charge in [0.05, 0.1) is 0 Å². The molecule has 0 radical (unpaired) electrons.